The molecule has 0 bridgehead atoms. The highest BCUT2D eigenvalue weighted by Crippen LogP contribution is 2.25. The van der Waals surface area contributed by atoms with Crippen LogP contribution in [0.15, 0.2) is 89.8 Å². The van der Waals surface area contributed by atoms with Crippen molar-refractivity contribution in [2.75, 3.05) is 0 Å². The maximum atomic E-state index is 13.4. The molecular weight excluding hydrogens is 387 g/mol. The predicted octanol–water partition coefficient (Wildman–Crippen LogP) is 5.26. The van der Waals surface area contributed by atoms with E-state index in [0.29, 0.717) is 5.57 Å². The summed E-state index contributed by atoms with van der Waals surface area (Å²) in [6, 6.07) is 20.6. The van der Waals surface area contributed by atoms with E-state index in [1.165, 1.54) is 30.3 Å². The number of carbonyl (C=O) groups excluding carboxylic acids is 1. The molecule has 0 aliphatic heterocycles. The number of hydrogen-bond donors (Lipinski definition) is 0. The number of sulfone groups is 1. The molecule has 0 amide bonds. The zero-order valence-electron chi connectivity index (χ0n) is 16.2. The second-order valence-electron chi connectivity index (χ2n) is 6.87. The largest absolute Gasteiger partial charge is 0.292 e. The van der Waals surface area contributed by atoms with Crippen molar-refractivity contribution in [2.45, 2.75) is 24.0 Å². The maximum Gasteiger partial charge on any atom is 0.192 e. The van der Waals surface area contributed by atoms with E-state index in [2.05, 4.69) is 0 Å². The van der Waals surface area contributed by atoms with Gasteiger partial charge in [0.1, 0.15) is 11.1 Å². The van der Waals surface area contributed by atoms with E-state index < -0.39 is 26.7 Å². The second-order valence-corrected chi connectivity index (χ2v) is 8.93. The fraction of sp³-hybridized carbons (Fsp3) is 0.125. The standard InChI is InChI=1S/C24H21FO3S/c1-17-8-14-22(15-9-17)29(27,28)23(16-18(2)19-6-4-3-5-7-19)24(26)20-10-12-21(25)13-11-20/h3-16,23H,1-2H3/b18-16+/t23-/m1/s1. The molecular formula is C24H21FO3S. The number of hydrogen-bond acceptors (Lipinski definition) is 3. The Labute approximate surface area is 170 Å². The average Bonchev–Trinajstić information content (AvgIpc) is 2.72. The van der Waals surface area contributed by atoms with E-state index in [9.17, 15) is 17.6 Å². The second kappa shape index (κ2) is 8.53. The Kier molecular flexibility index (Phi) is 6.09. The predicted molar refractivity (Wildman–Crippen MR) is 113 cm³/mol. The molecule has 0 aliphatic rings. The van der Waals surface area contributed by atoms with Gasteiger partial charge in [-0.3, -0.25) is 4.79 Å². The highest BCUT2D eigenvalue weighted by Gasteiger charge is 2.33. The van der Waals surface area contributed by atoms with Crippen LogP contribution in [0.3, 0.4) is 0 Å². The van der Waals surface area contributed by atoms with Crippen LogP contribution < -0.4 is 0 Å². The Morgan fingerprint density at radius 3 is 2.03 bits per heavy atom. The Morgan fingerprint density at radius 1 is 0.862 bits per heavy atom. The zero-order valence-corrected chi connectivity index (χ0v) is 17.0. The Bertz CT molecular complexity index is 1130. The number of carbonyl (C=O) groups is 1. The van der Waals surface area contributed by atoms with Gasteiger partial charge < -0.3 is 0 Å². The van der Waals surface area contributed by atoms with E-state index in [1.54, 1.807) is 19.1 Å². The van der Waals surface area contributed by atoms with Crippen molar-refractivity contribution in [1.29, 1.82) is 0 Å². The van der Waals surface area contributed by atoms with Crippen LogP contribution >= 0.6 is 0 Å². The number of allylic oxidation sites excluding steroid dienone is 1. The minimum atomic E-state index is -4.00. The smallest absolute Gasteiger partial charge is 0.192 e. The van der Waals surface area contributed by atoms with E-state index >= 15 is 0 Å². The van der Waals surface area contributed by atoms with Crippen LogP contribution in [0.1, 0.15) is 28.4 Å². The molecule has 3 aromatic rings. The third-order valence-corrected chi connectivity index (χ3v) is 6.65. The molecule has 0 spiro atoms. The summed E-state index contributed by atoms with van der Waals surface area (Å²) < 4.78 is 40.0. The number of ketones is 1. The fourth-order valence-electron chi connectivity index (χ4n) is 2.98. The lowest BCUT2D eigenvalue weighted by Gasteiger charge is -2.15. The molecule has 5 heteroatoms. The van der Waals surface area contributed by atoms with Crippen LogP contribution in [0, 0.1) is 12.7 Å². The van der Waals surface area contributed by atoms with Crippen molar-refractivity contribution in [3.8, 4) is 0 Å². The molecule has 1 atom stereocenters. The molecule has 0 aliphatic carbocycles. The minimum absolute atomic E-state index is 0.0701. The average molecular weight is 408 g/mol. The number of aryl methyl sites for hydroxylation is 1. The van der Waals surface area contributed by atoms with Crippen LogP contribution in [0.25, 0.3) is 5.57 Å². The summed E-state index contributed by atoms with van der Waals surface area (Å²) in [7, 11) is -4.00. The molecule has 29 heavy (non-hydrogen) atoms. The number of benzene rings is 3. The Hall–Kier alpha value is -3.05. The topological polar surface area (TPSA) is 51.2 Å². The molecule has 3 aromatic carbocycles. The van der Waals surface area contributed by atoms with E-state index in [-0.39, 0.29) is 10.5 Å². The molecule has 0 saturated carbocycles. The molecule has 0 aromatic heterocycles. The van der Waals surface area contributed by atoms with E-state index in [4.69, 9.17) is 0 Å². The van der Waals surface area contributed by atoms with Crippen molar-refractivity contribution in [1.82, 2.24) is 0 Å². The molecule has 3 nitrogen and oxygen atoms in total. The van der Waals surface area contributed by atoms with Gasteiger partial charge in [0.2, 0.25) is 0 Å². The van der Waals surface area contributed by atoms with Crippen LogP contribution in [-0.4, -0.2) is 19.5 Å². The molecule has 0 radical (unpaired) electrons. The van der Waals surface area contributed by atoms with Gasteiger partial charge in [-0.05, 0) is 61.4 Å². The summed E-state index contributed by atoms with van der Waals surface area (Å²) in [5, 5.41) is -1.42. The first-order valence-corrected chi connectivity index (χ1v) is 10.7. The van der Waals surface area contributed by atoms with Gasteiger partial charge in [0, 0.05) is 5.56 Å². The van der Waals surface area contributed by atoms with Gasteiger partial charge in [0.05, 0.1) is 4.90 Å². The molecule has 0 N–H and O–H groups in total. The summed E-state index contributed by atoms with van der Waals surface area (Å²) in [4.78, 5) is 13.2. The summed E-state index contributed by atoms with van der Waals surface area (Å²) in [5.41, 5.74) is 2.55. The van der Waals surface area contributed by atoms with Crippen LogP contribution in [0.4, 0.5) is 4.39 Å². The summed E-state index contributed by atoms with van der Waals surface area (Å²) in [6.07, 6.45) is 1.47. The van der Waals surface area contributed by atoms with Crippen LogP contribution in [-0.2, 0) is 9.84 Å². The fourth-order valence-corrected chi connectivity index (χ4v) is 4.59. The van der Waals surface area contributed by atoms with Gasteiger partial charge in [-0.25, -0.2) is 12.8 Å². The van der Waals surface area contributed by atoms with Gasteiger partial charge >= 0.3 is 0 Å². The number of rotatable bonds is 6. The highest BCUT2D eigenvalue weighted by molar-refractivity contribution is 7.93. The first-order valence-electron chi connectivity index (χ1n) is 9.13. The highest BCUT2D eigenvalue weighted by atomic mass is 32.2. The van der Waals surface area contributed by atoms with Gasteiger partial charge in [-0.15, -0.1) is 0 Å². The first-order chi connectivity index (χ1) is 13.8. The Morgan fingerprint density at radius 2 is 1.45 bits per heavy atom. The minimum Gasteiger partial charge on any atom is -0.292 e. The molecule has 0 unspecified atom stereocenters. The zero-order chi connectivity index (χ0) is 21.0. The van der Waals surface area contributed by atoms with Gasteiger partial charge in [0.25, 0.3) is 0 Å². The normalized spacial score (nSPS) is 13.1. The number of Topliss-reactive ketones (excluding diaryl/α,β-unsaturated/α-hetero) is 1. The van der Waals surface area contributed by atoms with E-state index in [1.807, 2.05) is 37.3 Å². The monoisotopic (exact) mass is 408 g/mol. The summed E-state index contributed by atoms with van der Waals surface area (Å²) in [5.74, 6) is -1.09. The van der Waals surface area contributed by atoms with Gasteiger partial charge in [-0.2, -0.15) is 0 Å². The van der Waals surface area contributed by atoms with Crippen LogP contribution in [0.2, 0.25) is 0 Å². The molecule has 0 heterocycles. The first kappa shape index (κ1) is 20.7. The van der Waals surface area contributed by atoms with E-state index in [0.717, 1.165) is 23.3 Å². The van der Waals surface area contributed by atoms with Crippen molar-refractivity contribution in [3.05, 3.63) is 107 Å². The van der Waals surface area contributed by atoms with Gasteiger partial charge in [0.15, 0.2) is 15.6 Å². The summed E-state index contributed by atoms with van der Waals surface area (Å²) >= 11 is 0. The quantitative estimate of drug-likeness (QED) is 0.523. The third kappa shape index (κ3) is 4.69. The van der Waals surface area contributed by atoms with Crippen LogP contribution in [0.5, 0.6) is 0 Å². The van der Waals surface area contributed by atoms with Crippen molar-refractivity contribution < 1.29 is 17.6 Å². The van der Waals surface area contributed by atoms with Gasteiger partial charge in [-0.1, -0.05) is 54.1 Å². The molecule has 148 valence electrons. The maximum absolute atomic E-state index is 13.4. The lowest BCUT2D eigenvalue weighted by atomic mass is 10.0. The summed E-state index contributed by atoms with van der Waals surface area (Å²) in [6.45, 7) is 3.63. The molecule has 0 saturated heterocycles. The lowest BCUT2D eigenvalue weighted by molar-refractivity contribution is 0.0998. The SMILES string of the molecule is C/C(=C\[C@H](C(=O)c1ccc(F)cc1)S(=O)(=O)c1ccc(C)cc1)c1ccccc1. The lowest BCUT2D eigenvalue weighted by Crippen LogP contribution is -2.29. The number of halogens is 1. The third-order valence-electron chi connectivity index (χ3n) is 4.70. The molecule has 0 fully saturated rings. The van der Waals surface area contributed by atoms with Crippen molar-refractivity contribution >= 4 is 21.2 Å². The van der Waals surface area contributed by atoms with Crippen molar-refractivity contribution in [3.63, 3.8) is 0 Å². The Balaban J connectivity index is 2.11. The molecule has 3 rings (SSSR count). The van der Waals surface area contributed by atoms with Crippen molar-refractivity contribution in [2.24, 2.45) is 0 Å².